The minimum absolute atomic E-state index is 0.576. The summed E-state index contributed by atoms with van der Waals surface area (Å²) in [4.78, 5) is 1.97. The third-order valence-corrected chi connectivity index (χ3v) is 3.21. The average molecular weight is 270 g/mol. The Morgan fingerprint density at radius 3 is 2.65 bits per heavy atom. The van der Waals surface area contributed by atoms with Crippen LogP contribution in [0.1, 0.15) is 35.7 Å². The number of anilines is 1. The van der Waals surface area contributed by atoms with Crippen LogP contribution >= 0.6 is 0 Å². The zero-order chi connectivity index (χ0) is 14.7. The monoisotopic (exact) mass is 270 g/mol. The van der Waals surface area contributed by atoms with E-state index in [1.165, 1.54) is 0 Å². The molecule has 0 aliphatic carbocycles. The fourth-order valence-electron chi connectivity index (χ4n) is 2.19. The average Bonchev–Trinajstić information content (AvgIpc) is 2.83. The number of aryl methyl sites for hydroxylation is 1. The van der Waals surface area contributed by atoms with E-state index in [1.807, 2.05) is 31.0 Å². The van der Waals surface area contributed by atoms with Crippen molar-refractivity contribution in [3.05, 3.63) is 53.0 Å². The first kappa shape index (κ1) is 14.2. The van der Waals surface area contributed by atoms with Gasteiger partial charge in [0.2, 0.25) is 0 Å². The summed E-state index contributed by atoms with van der Waals surface area (Å²) in [5, 5.41) is 18.9. The molecule has 104 valence electrons. The van der Waals surface area contributed by atoms with Gasteiger partial charge in [-0.2, -0.15) is 5.26 Å². The maximum atomic E-state index is 9.85. The van der Waals surface area contributed by atoms with Crippen LogP contribution < -0.4 is 4.90 Å². The van der Waals surface area contributed by atoms with E-state index in [0.717, 1.165) is 22.8 Å². The number of aliphatic hydroxyl groups excluding tert-OH is 1. The Morgan fingerprint density at radius 1 is 1.35 bits per heavy atom. The van der Waals surface area contributed by atoms with Crippen LogP contribution in [0, 0.1) is 18.3 Å². The first-order valence-electron chi connectivity index (χ1n) is 6.50. The van der Waals surface area contributed by atoms with E-state index in [4.69, 9.17) is 9.68 Å². The summed E-state index contributed by atoms with van der Waals surface area (Å²) in [6.07, 6.45) is -0.585. The summed E-state index contributed by atoms with van der Waals surface area (Å²) >= 11 is 0. The summed E-state index contributed by atoms with van der Waals surface area (Å²) in [7, 11) is 1.92. The third kappa shape index (κ3) is 3.01. The van der Waals surface area contributed by atoms with Gasteiger partial charge in [0.1, 0.15) is 11.5 Å². The van der Waals surface area contributed by atoms with Crippen LogP contribution in [0.5, 0.6) is 0 Å². The number of nitriles is 1. The predicted octanol–water partition coefficient (Wildman–Crippen LogP) is 3.15. The Labute approximate surface area is 118 Å². The van der Waals surface area contributed by atoms with E-state index in [-0.39, 0.29) is 0 Å². The first-order chi connectivity index (χ1) is 9.51. The Hall–Kier alpha value is -2.25. The molecule has 0 bridgehead atoms. The van der Waals surface area contributed by atoms with E-state index in [1.54, 1.807) is 25.1 Å². The molecule has 0 saturated carbocycles. The molecule has 0 saturated heterocycles. The van der Waals surface area contributed by atoms with Crippen molar-refractivity contribution in [2.45, 2.75) is 26.5 Å². The molecule has 1 unspecified atom stereocenters. The maximum absolute atomic E-state index is 9.85. The zero-order valence-corrected chi connectivity index (χ0v) is 11.9. The van der Waals surface area contributed by atoms with Crippen molar-refractivity contribution in [3.63, 3.8) is 0 Å². The Bertz CT molecular complexity index is 638. The van der Waals surface area contributed by atoms with Crippen LogP contribution in [-0.2, 0) is 6.54 Å². The van der Waals surface area contributed by atoms with Crippen LogP contribution in [0.4, 0.5) is 5.69 Å². The van der Waals surface area contributed by atoms with Gasteiger partial charge in [-0.25, -0.2) is 0 Å². The van der Waals surface area contributed by atoms with E-state index in [0.29, 0.717) is 12.1 Å². The second-order valence-corrected chi connectivity index (χ2v) is 4.93. The van der Waals surface area contributed by atoms with E-state index in [2.05, 4.69) is 6.07 Å². The molecule has 1 heterocycles. The molecule has 0 aliphatic heterocycles. The van der Waals surface area contributed by atoms with Crippen molar-refractivity contribution in [3.8, 4) is 6.07 Å². The first-order valence-corrected chi connectivity index (χ1v) is 6.50. The van der Waals surface area contributed by atoms with E-state index < -0.39 is 6.10 Å². The molecular formula is C16H18N2O2. The van der Waals surface area contributed by atoms with Crippen LogP contribution in [-0.4, -0.2) is 12.2 Å². The van der Waals surface area contributed by atoms with Gasteiger partial charge in [0.25, 0.3) is 0 Å². The number of nitrogens with zero attached hydrogens (tertiary/aromatic N) is 2. The van der Waals surface area contributed by atoms with Gasteiger partial charge in [0, 0.05) is 18.3 Å². The molecule has 1 aromatic carbocycles. The van der Waals surface area contributed by atoms with Crippen molar-refractivity contribution in [2.24, 2.45) is 0 Å². The van der Waals surface area contributed by atoms with E-state index in [9.17, 15) is 5.11 Å². The summed E-state index contributed by atoms with van der Waals surface area (Å²) in [5.41, 5.74) is 2.22. The number of rotatable bonds is 4. The number of hydrogen-bond acceptors (Lipinski definition) is 4. The topological polar surface area (TPSA) is 60.4 Å². The van der Waals surface area contributed by atoms with Gasteiger partial charge < -0.3 is 14.4 Å². The van der Waals surface area contributed by atoms with Crippen LogP contribution in [0.3, 0.4) is 0 Å². The minimum atomic E-state index is -0.585. The zero-order valence-electron chi connectivity index (χ0n) is 11.9. The highest BCUT2D eigenvalue weighted by molar-refractivity contribution is 5.58. The number of aliphatic hydroxyl groups is 1. The molecular weight excluding hydrogens is 252 g/mol. The van der Waals surface area contributed by atoms with Gasteiger partial charge in [-0.15, -0.1) is 0 Å². The Kier molecular flexibility index (Phi) is 4.11. The van der Waals surface area contributed by atoms with Gasteiger partial charge in [-0.1, -0.05) is 6.07 Å². The lowest BCUT2D eigenvalue weighted by Crippen LogP contribution is -2.18. The van der Waals surface area contributed by atoms with Crippen molar-refractivity contribution < 1.29 is 9.52 Å². The molecule has 1 aromatic heterocycles. The molecule has 20 heavy (non-hydrogen) atoms. The largest absolute Gasteiger partial charge is 0.464 e. The molecule has 4 nitrogen and oxygen atoms in total. The molecule has 1 N–H and O–H groups in total. The Morgan fingerprint density at radius 2 is 2.10 bits per heavy atom. The van der Waals surface area contributed by atoms with Crippen molar-refractivity contribution >= 4 is 5.69 Å². The lowest BCUT2D eigenvalue weighted by molar-refractivity contribution is 0.199. The van der Waals surface area contributed by atoms with Gasteiger partial charge in [-0.3, -0.25) is 0 Å². The highest BCUT2D eigenvalue weighted by atomic mass is 16.3. The fraction of sp³-hybridized carbons (Fsp3) is 0.312. The van der Waals surface area contributed by atoms with Gasteiger partial charge in [0.15, 0.2) is 0 Å². The quantitative estimate of drug-likeness (QED) is 0.927. The molecule has 0 spiro atoms. The molecule has 4 heteroatoms. The third-order valence-electron chi connectivity index (χ3n) is 3.21. The number of furan rings is 1. The van der Waals surface area contributed by atoms with Gasteiger partial charge >= 0.3 is 0 Å². The maximum Gasteiger partial charge on any atom is 0.123 e. The molecule has 0 radical (unpaired) electrons. The molecule has 2 rings (SSSR count). The van der Waals surface area contributed by atoms with Crippen molar-refractivity contribution in [1.29, 1.82) is 5.26 Å². The van der Waals surface area contributed by atoms with Gasteiger partial charge in [0.05, 0.1) is 24.3 Å². The fourth-order valence-corrected chi connectivity index (χ4v) is 2.19. The molecule has 0 aliphatic rings. The molecule has 2 aromatic rings. The number of benzene rings is 1. The summed E-state index contributed by atoms with van der Waals surface area (Å²) in [6.45, 7) is 4.21. The van der Waals surface area contributed by atoms with Crippen LogP contribution in [0.25, 0.3) is 0 Å². The van der Waals surface area contributed by atoms with Crippen LogP contribution in [0.15, 0.2) is 34.7 Å². The van der Waals surface area contributed by atoms with E-state index >= 15 is 0 Å². The smallest absolute Gasteiger partial charge is 0.123 e. The highest BCUT2D eigenvalue weighted by Gasteiger charge is 2.14. The lowest BCUT2D eigenvalue weighted by atomic mass is 10.0. The highest BCUT2D eigenvalue weighted by Crippen LogP contribution is 2.28. The molecule has 0 fully saturated rings. The summed E-state index contributed by atoms with van der Waals surface area (Å²) in [6, 6.07) is 11.3. The SMILES string of the molecule is Cc1ccc(CN(C)c2cc(C#N)ccc2C(C)O)o1. The standard InChI is InChI=1S/C16H18N2O2/c1-11-4-6-14(20-11)10-18(3)16-8-13(9-17)5-7-15(16)12(2)19/h4-8,12,19H,10H2,1-3H3. The number of hydrogen-bond donors (Lipinski definition) is 1. The lowest BCUT2D eigenvalue weighted by Gasteiger charge is -2.23. The van der Waals surface area contributed by atoms with Gasteiger partial charge in [-0.05, 0) is 38.1 Å². The predicted molar refractivity (Wildman–Crippen MR) is 77.3 cm³/mol. The minimum Gasteiger partial charge on any atom is -0.464 e. The van der Waals surface area contributed by atoms with Crippen molar-refractivity contribution in [1.82, 2.24) is 0 Å². The van der Waals surface area contributed by atoms with Crippen molar-refractivity contribution in [2.75, 3.05) is 11.9 Å². The second-order valence-electron chi connectivity index (χ2n) is 4.93. The molecule has 0 amide bonds. The Balaban J connectivity index is 2.32. The molecule has 1 atom stereocenters. The second kappa shape index (κ2) is 5.81. The van der Waals surface area contributed by atoms with Crippen LogP contribution in [0.2, 0.25) is 0 Å². The normalized spacial score (nSPS) is 11.9. The summed E-state index contributed by atoms with van der Waals surface area (Å²) < 4.78 is 5.56. The summed E-state index contributed by atoms with van der Waals surface area (Å²) in [5.74, 6) is 1.72.